The van der Waals surface area contributed by atoms with Crippen LogP contribution in [-0.2, 0) is 4.79 Å². The van der Waals surface area contributed by atoms with Gasteiger partial charge in [-0.1, -0.05) is 19.1 Å². The van der Waals surface area contributed by atoms with Crippen molar-refractivity contribution in [3.05, 3.63) is 29.8 Å². The summed E-state index contributed by atoms with van der Waals surface area (Å²) in [5.41, 5.74) is 1.19. The lowest BCUT2D eigenvalue weighted by molar-refractivity contribution is -0.132. The summed E-state index contributed by atoms with van der Waals surface area (Å²) >= 11 is 0. The van der Waals surface area contributed by atoms with E-state index in [-0.39, 0.29) is 5.91 Å². The van der Waals surface area contributed by atoms with Crippen molar-refractivity contribution in [3.63, 3.8) is 0 Å². The van der Waals surface area contributed by atoms with Crippen LogP contribution in [0.4, 0.5) is 0 Å². The van der Waals surface area contributed by atoms with Crippen molar-refractivity contribution in [2.75, 3.05) is 32.8 Å². The molecular weight excluding hydrogens is 288 g/mol. The number of benzene rings is 1. The van der Waals surface area contributed by atoms with E-state index in [1.165, 1.54) is 5.56 Å². The number of rotatable bonds is 8. The average Bonchev–Trinajstić information content (AvgIpc) is 2.57. The zero-order chi connectivity index (χ0) is 16.5. The SMILES string of the molecule is CCNCC1CCN(C(=O)CCCOc2cccc(C)c2)CC1. The quantitative estimate of drug-likeness (QED) is 0.749. The number of amides is 1. The summed E-state index contributed by atoms with van der Waals surface area (Å²) in [5, 5.41) is 3.40. The average molecular weight is 318 g/mol. The molecule has 1 aromatic carbocycles. The zero-order valence-corrected chi connectivity index (χ0v) is 14.5. The molecule has 4 nitrogen and oxygen atoms in total. The van der Waals surface area contributed by atoms with Crippen LogP contribution in [0.2, 0.25) is 0 Å². The number of carbonyl (C=O) groups excluding carboxylic acids is 1. The first-order chi connectivity index (χ1) is 11.2. The minimum absolute atomic E-state index is 0.278. The van der Waals surface area contributed by atoms with Crippen molar-refractivity contribution in [3.8, 4) is 5.75 Å². The lowest BCUT2D eigenvalue weighted by Gasteiger charge is -2.32. The van der Waals surface area contributed by atoms with E-state index in [4.69, 9.17) is 4.74 Å². The summed E-state index contributed by atoms with van der Waals surface area (Å²) in [4.78, 5) is 14.3. The van der Waals surface area contributed by atoms with Crippen LogP contribution in [-0.4, -0.2) is 43.6 Å². The van der Waals surface area contributed by atoms with E-state index in [9.17, 15) is 4.79 Å². The maximum Gasteiger partial charge on any atom is 0.222 e. The van der Waals surface area contributed by atoms with Crippen molar-refractivity contribution < 1.29 is 9.53 Å². The van der Waals surface area contributed by atoms with Gasteiger partial charge in [0.1, 0.15) is 5.75 Å². The molecule has 23 heavy (non-hydrogen) atoms. The molecule has 1 saturated heterocycles. The molecule has 1 aromatic rings. The van der Waals surface area contributed by atoms with Gasteiger partial charge in [-0.2, -0.15) is 0 Å². The third-order valence-electron chi connectivity index (χ3n) is 4.44. The molecule has 0 saturated carbocycles. The Morgan fingerprint density at radius 1 is 1.35 bits per heavy atom. The number of carbonyl (C=O) groups is 1. The zero-order valence-electron chi connectivity index (χ0n) is 14.5. The molecule has 4 heteroatoms. The number of aryl methyl sites for hydroxylation is 1. The first-order valence-electron chi connectivity index (χ1n) is 8.87. The third-order valence-corrected chi connectivity index (χ3v) is 4.44. The fourth-order valence-electron chi connectivity index (χ4n) is 3.01. The Bertz CT molecular complexity index is 482. The van der Waals surface area contributed by atoms with Crippen LogP contribution in [0.1, 0.15) is 38.2 Å². The Labute approximate surface area is 140 Å². The van der Waals surface area contributed by atoms with Crippen LogP contribution < -0.4 is 10.1 Å². The predicted molar refractivity (Wildman–Crippen MR) is 93.8 cm³/mol. The molecule has 0 radical (unpaired) electrons. The van der Waals surface area contributed by atoms with Crippen LogP contribution in [0, 0.1) is 12.8 Å². The van der Waals surface area contributed by atoms with Gasteiger partial charge in [-0.05, 0) is 62.9 Å². The second kappa shape index (κ2) is 9.56. The van der Waals surface area contributed by atoms with Gasteiger partial charge in [0.2, 0.25) is 5.91 Å². The molecule has 0 aromatic heterocycles. The van der Waals surface area contributed by atoms with Crippen molar-refractivity contribution in [1.29, 1.82) is 0 Å². The van der Waals surface area contributed by atoms with E-state index >= 15 is 0 Å². The van der Waals surface area contributed by atoms with Gasteiger partial charge in [-0.25, -0.2) is 0 Å². The minimum atomic E-state index is 0.278. The van der Waals surface area contributed by atoms with Crippen molar-refractivity contribution >= 4 is 5.91 Å². The number of nitrogens with zero attached hydrogens (tertiary/aromatic N) is 1. The Kier molecular flexibility index (Phi) is 7.40. The monoisotopic (exact) mass is 318 g/mol. The molecule has 0 spiro atoms. The molecular formula is C19H30N2O2. The molecule has 0 bridgehead atoms. The Morgan fingerprint density at radius 3 is 2.83 bits per heavy atom. The molecule has 1 aliphatic heterocycles. The van der Waals surface area contributed by atoms with Gasteiger partial charge in [-0.3, -0.25) is 4.79 Å². The second-order valence-corrected chi connectivity index (χ2v) is 6.40. The summed E-state index contributed by atoms with van der Waals surface area (Å²) < 4.78 is 5.71. The summed E-state index contributed by atoms with van der Waals surface area (Å²) in [6.07, 6.45) is 3.62. The Balaban J connectivity index is 1.60. The van der Waals surface area contributed by atoms with E-state index < -0.39 is 0 Å². The van der Waals surface area contributed by atoms with Crippen LogP contribution in [0.3, 0.4) is 0 Å². The second-order valence-electron chi connectivity index (χ2n) is 6.40. The summed E-state index contributed by atoms with van der Waals surface area (Å²) in [5.74, 6) is 1.89. The minimum Gasteiger partial charge on any atom is -0.494 e. The number of nitrogens with one attached hydrogen (secondary N) is 1. The molecule has 0 unspecified atom stereocenters. The first kappa shape index (κ1) is 17.8. The number of piperidine rings is 1. The van der Waals surface area contributed by atoms with Crippen LogP contribution in [0.25, 0.3) is 0 Å². The molecule has 128 valence electrons. The van der Waals surface area contributed by atoms with Gasteiger partial charge in [-0.15, -0.1) is 0 Å². The predicted octanol–water partition coefficient (Wildman–Crippen LogP) is 3.00. The number of hydrogen-bond donors (Lipinski definition) is 1. The molecule has 1 fully saturated rings. The fraction of sp³-hybridized carbons (Fsp3) is 0.632. The highest BCUT2D eigenvalue weighted by atomic mass is 16.5. The largest absolute Gasteiger partial charge is 0.494 e. The number of hydrogen-bond acceptors (Lipinski definition) is 3. The van der Waals surface area contributed by atoms with Crippen molar-refractivity contribution in [2.24, 2.45) is 5.92 Å². The van der Waals surface area contributed by atoms with E-state index in [1.54, 1.807) is 0 Å². The third kappa shape index (κ3) is 6.22. The molecule has 1 heterocycles. The van der Waals surface area contributed by atoms with Crippen LogP contribution in [0.5, 0.6) is 5.75 Å². The maximum absolute atomic E-state index is 12.2. The highest BCUT2D eigenvalue weighted by Crippen LogP contribution is 2.18. The van der Waals surface area contributed by atoms with Gasteiger partial charge in [0, 0.05) is 19.5 Å². The van der Waals surface area contributed by atoms with E-state index in [0.29, 0.717) is 13.0 Å². The maximum atomic E-state index is 12.2. The van der Waals surface area contributed by atoms with Gasteiger partial charge < -0.3 is 15.0 Å². The van der Waals surface area contributed by atoms with Crippen molar-refractivity contribution in [1.82, 2.24) is 10.2 Å². The van der Waals surface area contributed by atoms with Gasteiger partial charge in [0.15, 0.2) is 0 Å². The van der Waals surface area contributed by atoms with Crippen LogP contribution >= 0.6 is 0 Å². The summed E-state index contributed by atoms with van der Waals surface area (Å²) in [7, 11) is 0. The first-order valence-corrected chi connectivity index (χ1v) is 8.87. The Hall–Kier alpha value is -1.55. The normalized spacial score (nSPS) is 15.7. The Morgan fingerprint density at radius 2 is 2.13 bits per heavy atom. The molecule has 0 atom stereocenters. The van der Waals surface area contributed by atoms with Crippen molar-refractivity contribution in [2.45, 2.75) is 39.5 Å². The summed E-state index contributed by atoms with van der Waals surface area (Å²) in [6.45, 7) is 8.73. The van der Waals surface area contributed by atoms with Gasteiger partial charge in [0.25, 0.3) is 0 Å². The number of ether oxygens (including phenoxy) is 1. The smallest absolute Gasteiger partial charge is 0.222 e. The van der Waals surface area contributed by atoms with Crippen LogP contribution in [0.15, 0.2) is 24.3 Å². The highest BCUT2D eigenvalue weighted by Gasteiger charge is 2.21. The van der Waals surface area contributed by atoms with Gasteiger partial charge >= 0.3 is 0 Å². The van der Waals surface area contributed by atoms with E-state index in [1.807, 2.05) is 23.1 Å². The molecule has 2 rings (SSSR count). The molecule has 1 N–H and O–H groups in total. The summed E-state index contributed by atoms with van der Waals surface area (Å²) in [6, 6.07) is 8.03. The molecule has 0 aliphatic carbocycles. The lowest BCUT2D eigenvalue weighted by atomic mass is 9.96. The van der Waals surface area contributed by atoms with E-state index in [0.717, 1.165) is 57.1 Å². The highest BCUT2D eigenvalue weighted by molar-refractivity contribution is 5.76. The lowest BCUT2D eigenvalue weighted by Crippen LogP contribution is -2.40. The topological polar surface area (TPSA) is 41.6 Å². The fourth-order valence-corrected chi connectivity index (χ4v) is 3.01. The molecule has 1 amide bonds. The standard InChI is InChI=1S/C19H30N2O2/c1-3-20-15-17-9-11-21(12-10-17)19(22)8-5-13-23-18-7-4-6-16(2)14-18/h4,6-7,14,17,20H,3,5,8-13,15H2,1-2H3. The number of likely N-dealkylation sites (tertiary alicyclic amines) is 1. The van der Waals surface area contributed by atoms with E-state index in [2.05, 4.69) is 25.2 Å². The molecule has 1 aliphatic rings. The van der Waals surface area contributed by atoms with Gasteiger partial charge in [0.05, 0.1) is 6.61 Å².